The monoisotopic (exact) mass is 438 g/mol. The Balaban J connectivity index is 1.55. The molecule has 0 aliphatic rings. The van der Waals surface area contributed by atoms with E-state index in [4.69, 9.17) is 4.74 Å². The minimum Gasteiger partial charge on any atom is -0.491 e. The Labute approximate surface area is 159 Å². The molecule has 0 saturated heterocycles. The van der Waals surface area contributed by atoms with Gasteiger partial charge in [-0.25, -0.2) is 17.5 Å². The number of pyridine rings is 1. The number of fused-ring (bicyclic) bond motifs is 1. The van der Waals surface area contributed by atoms with Crippen molar-refractivity contribution in [2.75, 3.05) is 13.2 Å². The number of hydrogen-bond donors (Lipinski definition) is 1. The Hall–Kier alpha value is -2.03. The molecule has 8 heteroatoms. The van der Waals surface area contributed by atoms with E-state index in [0.717, 1.165) is 23.0 Å². The van der Waals surface area contributed by atoms with Crippen LogP contribution >= 0.6 is 15.9 Å². The summed E-state index contributed by atoms with van der Waals surface area (Å²) in [4.78, 5) is 4.30. The summed E-state index contributed by atoms with van der Waals surface area (Å²) in [5.74, 6) is 0.153. The van der Waals surface area contributed by atoms with Crippen molar-refractivity contribution < 1.29 is 17.5 Å². The summed E-state index contributed by atoms with van der Waals surface area (Å²) in [6.07, 6.45) is 2.17. The van der Waals surface area contributed by atoms with Gasteiger partial charge in [-0.3, -0.25) is 4.98 Å². The first-order valence-corrected chi connectivity index (χ1v) is 10.2. The zero-order chi connectivity index (χ0) is 18.6. The molecule has 0 amide bonds. The molecule has 0 unspecified atom stereocenters. The number of ether oxygens (including phenoxy) is 1. The van der Waals surface area contributed by atoms with Gasteiger partial charge >= 0.3 is 0 Å². The molecule has 0 aliphatic heterocycles. The van der Waals surface area contributed by atoms with E-state index in [-0.39, 0.29) is 15.9 Å². The minimum absolute atomic E-state index is 0.00179. The van der Waals surface area contributed by atoms with Gasteiger partial charge in [-0.15, -0.1) is 0 Å². The average Bonchev–Trinajstić information content (AvgIpc) is 2.61. The van der Waals surface area contributed by atoms with Crippen LogP contribution in [0.15, 0.2) is 64.1 Å². The van der Waals surface area contributed by atoms with E-state index < -0.39 is 15.8 Å². The highest BCUT2D eigenvalue weighted by Gasteiger charge is 2.17. The van der Waals surface area contributed by atoms with Gasteiger partial charge in [0.15, 0.2) is 0 Å². The fourth-order valence-electron chi connectivity index (χ4n) is 2.42. The molecular weight excluding hydrogens is 423 g/mol. The maximum atomic E-state index is 13.1. The molecule has 0 aliphatic carbocycles. The highest BCUT2D eigenvalue weighted by Crippen LogP contribution is 2.24. The third-order valence-corrected chi connectivity index (χ3v) is 6.09. The number of halogens is 2. The lowest BCUT2D eigenvalue weighted by molar-refractivity contribution is 0.314. The molecule has 1 aromatic heterocycles. The highest BCUT2D eigenvalue weighted by molar-refractivity contribution is 9.10. The molecule has 1 N–H and O–H groups in total. The van der Waals surface area contributed by atoms with Crippen molar-refractivity contribution in [1.29, 1.82) is 0 Å². The molecule has 0 bridgehead atoms. The lowest BCUT2D eigenvalue weighted by Gasteiger charge is -2.10. The number of aromatic nitrogens is 1. The molecular formula is C18H16BrFN2O3S. The van der Waals surface area contributed by atoms with Crippen LogP contribution in [0.1, 0.15) is 6.42 Å². The van der Waals surface area contributed by atoms with Crippen LogP contribution in [0.2, 0.25) is 0 Å². The third-order valence-electron chi connectivity index (χ3n) is 3.65. The zero-order valence-electron chi connectivity index (χ0n) is 13.7. The van der Waals surface area contributed by atoms with Crippen LogP contribution in [0.25, 0.3) is 10.9 Å². The summed E-state index contributed by atoms with van der Waals surface area (Å²) in [7, 11) is -3.72. The predicted octanol–water partition coefficient (Wildman–Crippen LogP) is 3.88. The van der Waals surface area contributed by atoms with Gasteiger partial charge in [0.1, 0.15) is 17.1 Å². The molecule has 5 nitrogen and oxygen atoms in total. The maximum absolute atomic E-state index is 13.1. The van der Waals surface area contributed by atoms with E-state index in [0.29, 0.717) is 18.8 Å². The van der Waals surface area contributed by atoms with Crippen LogP contribution in [0, 0.1) is 5.82 Å². The molecule has 0 spiro atoms. The van der Waals surface area contributed by atoms with Gasteiger partial charge in [-0.1, -0.05) is 18.2 Å². The van der Waals surface area contributed by atoms with Gasteiger partial charge in [0, 0.05) is 22.6 Å². The van der Waals surface area contributed by atoms with Crippen molar-refractivity contribution in [3.05, 3.63) is 65.0 Å². The molecule has 2 aromatic carbocycles. The first kappa shape index (κ1) is 18.8. The lowest BCUT2D eigenvalue weighted by Crippen LogP contribution is -2.26. The van der Waals surface area contributed by atoms with E-state index in [9.17, 15) is 12.8 Å². The van der Waals surface area contributed by atoms with Crippen LogP contribution in [0.3, 0.4) is 0 Å². The smallest absolute Gasteiger partial charge is 0.241 e. The quantitative estimate of drug-likeness (QED) is 0.568. The van der Waals surface area contributed by atoms with Crippen LogP contribution in [-0.2, 0) is 10.0 Å². The van der Waals surface area contributed by atoms with E-state index >= 15 is 0 Å². The Bertz CT molecular complexity index is 1020. The number of nitrogens with one attached hydrogen (secondary N) is 1. The predicted molar refractivity (Wildman–Crippen MR) is 101 cm³/mol. The number of para-hydroxylation sites is 1. The second kappa shape index (κ2) is 8.11. The summed E-state index contributed by atoms with van der Waals surface area (Å²) in [5, 5.41) is 0.979. The van der Waals surface area contributed by atoms with Crippen molar-refractivity contribution in [1.82, 2.24) is 9.71 Å². The molecule has 136 valence electrons. The first-order chi connectivity index (χ1) is 12.5. The molecule has 3 aromatic rings. The second-order valence-corrected chi connectivity index (χ2v) is 8.10. The fraction of sp³-hybridized carbons (Fsp3) is 0.167. The number of sulfonamides is 1. The number of hydrogen-bond acceptors (Lipinski definition) is 4. The van der Waals surface area contributed by atoms with E-state index in [1.165, 1.54) is 6.07 Å². The summed E-state index contributed by atoms with van der Waals surface area (Å²) in [6.45, 7) is 0.535. The first-order valence-electron chi connectivity index (χ1n) is 7.89. The zero-order valence-corrected chi connectivity index (χ0v) is 16.1. The Morgan fingerprint density at radius 1 is 1.15 bits per heavy atom. The van der Waals surface area contributed by atoms with Crippen molar-refractivity contribution >= 4 is 36.9 Å². The lowest BCUT2D eigenvalue weighted by atomic mass is 10.2. The van der Waals surface area contributed by atoms with Gasteiger partial charge in [0.05, 0.1) is 11.5 Å². The summed E-state index contributed by atoms with van der Waals surface area (Å²) in [5.41, 5.74) is 0.769. The van der Waals surface area contributed by atoms with Crippen LogP contribution in [0.5, 0.6) is 5.75 Å². The SMILES string of the molecule is O=S(=O)(NCCCOc1cccc2cccnc12)c1ccc(F)cc1Br. The second-order valence-electron chi connectivity index (χ2n) is 5.51. The summed E-state index contributed by atoms with van der Waals surface area (Å²) >= 11 is 3.07. The highest BCUT2D eigenvalue weighted by atomic mass is 79.9. The molecule has 0 fully saturated rings. The standard InChI is InChI=1S/C18H16BrFN2O3S/c19-15-12-14(20)7-8-17(15)26(23,24)22-10-3-11-25-16-6-1-4-13-5-2-9-21-18(13)16/h1-2,4-9,12,22H,3,10-11H2. The van der Waals surface area contributed by atoms with Gasteiger partial charge in [0.2, 0.25) is 10.0 Å². The summed E-state index contributed by atoms with van der Waals surface area (Å²) in [6, 6.07) is 12.9. The maximum Gasteiger partial charge on any atom is 0.241 e. The number of nitrogens with zero attached hydrogens (tertiary/aromatic N) is 1. The van der Waals surface area contributed by atoms with Crippen molar-refractivity contribution in [2.24, 2.45) is 0 Å². The molecule has 0 radical (unpaired) electrons. The summed E-state index contributed by atoms with van der Waals surface area (Å²) < 4.78 is 46.0. The van der Waals surface area contributed by atoms with E-state index in [1.54, 1.807) is 6.20 Å². The molecule has 1 heterocycles. The Morgan fingerprint density at radius 3 is 2.77 bits per heavy atom. The largest absolute Gasteiger partial charge is 0.491 e. The topological polar surface area (TPSA) is 68.3 Å². The van der Waals surface area contributed by atoms with Crippen LogP contribution in [-0.4, -0.2) is 26.6 Å². The average molecular weight is 439 g/mol. The number of benzene rings is 2. The molecule has 0 saturated carbocycles. The van der Waals surface area contributed by atoms with Gasteiger partial charge in [-0.05, 0) is 52.7 Å². The minimum atomic E-state index is -3.72. The molecule has 3 rings (SSSR count). The third kappa shape index (κ3) is 4.38. The molecule has 0 atom stereocenters. The van der Waals surface area contributed by atoms with Crippen LogP contribution < -0.4 is 9.46 Å². The van der Waals surface area contributed by atoms with Gasteiger partial charge < -0.3 is 4.74 Å². The van der Waals surface area contributed by atoms with Crippen molar-refractivity contribution in [3.8, 4) is 5.75 Å². The van der Waals surface area contributed by atoms with Gasteiger partial charge in [-0.2, -0.15) is 0 Å². The van der Waals surface area contributed by atoms with E-state index in [1.807, 2.05) is 30.3 Å². The number of rotatable bonds is 7. The fourth-order valence-corrected chi connectivity index (χ4v) is 4.55. The van der Waals surface area contributed by atoms with Crippen LogP contribution in [0.4, 0.5) is 4.39 Å². The van der Waals surface area contributed by atoms with Crippen molar-refractivity contribution in [2.45, 2.75) is 11.3 Å². The normalized spacial score (nSPS) is 11.6. The Morgan fingerprint density at radius 2 is 1.96 bits per heavy atom. The molecule has 26 heavy (non-hydrogen) atoms. The Kier molecular flexibility index (Phi) is 5.85. The van der Waals surface area contributed by atoms with E-state index in [2.05, 4.69) is 25.6 Å². The van der Waals surface area contributed by atoms with Crippen molar-refractivity contribution in [3.63, 3.8) is 0 Å². The van der Waals surface area contributed by atoms with Gasteiger partial charge in [0.25, 0.3) is 0 Å².